The second-order valence-corrected chi connectivity index (χ2v) is 3.68. The summed E-state index contributed by atoms with van der Waals surface area (Å²) in [4.78, 5) is 23.5. The van der Waals surface area contributed by atoms with Crippen molar-refractivity contribution in [1.29, 1.82) is 0 Å². The van der Waals surface area contributed by atoms with Gasteiger partial charge in [-0.1, -0.05) is 0 Å². The molecule has 92 valence electrons. The third-order valence-electron chi connectivity index (χ3n) is 2.54. The molecule has 1 aliphatic rings. The summed E-state index contributed by atoms with van der Waals surface area (Å²) < 4.78 is 29.2. The van der Waals surface area contributed by atoms with Gasteiger partial charge in [-0.15, -0.1) is 0 Å². The Morgan fingerprint density at radius 3 is 2.75 bits per heavy atom. The van der Waals surface area contributed by atoms with E-state index in [-0.39, 0.29) is 13.2 Å². The van der Waals surface area contributed by atoms with Crippen LogP contribution < -0.4 is 0 Å². The van der Waals surface area contributed by atoms with Crippen molar-refractivity contribution in [1.82, 2.24) is 4.90 Å². The smallest absolute Gasteiger partial charge is 0.315 e. The Morgan fingerprint density at radius 1 is 1.50 bits per heavy atom. The molecule has 16 heavy (non-hydrogen) atoms. The van der Waals surface area contributed by atoms with Crippen LogP contribution in [0.1, 0.15) is 19.8 Å². The molecule has 4 nitrogen and oxygen atoms in total. The van der Waals surface area contributed by atoms with E-state index in [1.54, 1.807) is 6.92 Å². The van der Waals surface area contributed by atoms with Gasteiger partial charge in [0.05, 0.1) is 12.5 Å². The summed E-state index contributed by atoms with van der Waals surface area (Å²) >= 11 is 0. The Labute approximate surface area is 92.5 Å². The van der Waals surface area contributed by atoms with Gasteiger partial charge in [-0.25, -0.2) is 0 Å². The molecule has 0 saturated carbocycles. The van der Waals surface area contributed by atoms with Gasteiger partial charge in [0.2, 0.25) is 0 Å². The first-order valence-electron chi connectivity index (χ1n) is 5.29. The summed E-state index contributed by atoms with van der Waals surface area (Å²) in [5.74, 6) is -2.07. The zero-order chi connectivity index (χ0) is 12.1. The van der Waals surface area contributed by atoms with Crippen LogP contribution in [0, 0.1) is 5.92 Å². The summed E-state index contributed by atoms with van der Waals surface area (Å²) in [6, 6.07) is 0. The van der Waals surface area contributed by atoms with Crippen LogP contribution in [0.5, 0.6) is 0 Å². The first-order chi connectivity index (χ1) is 7.56. The maximum absolute atomic E-state index is 12.2. The van der Waals surface area contributed by atoms with E-state index in [9.17, 15) is 18.4 Å². The van der Waals surface area contributed by atoms with E-state index >= 15 is 0 Å². The van der Waals surface area contributed by atoms with Crippen LogP contribution in [-0.4, -0.2) is 42.9 Å². The highest BCUT2D eigenvalue weighted by molar-refractivity contribution is 5.80. The van der Waals surface area contributed by atoms with Crippen molar-refractivity contribution in [3.05, 3.63) is 0 Å². The summed E-state index contributed by atoms with van der Waals surface area (Å²) in [6.45, 7) is 2.28. The first-order valence-corrected chi connectivity index (χ1v) is 5.29. The maximum Gasteiger partial charge on any atom is 0.315 e. The fourth-order valence-electron chi connectivity index (χ4n) is 1.77. The number of hydrogen-bond donors (Lipinski definition) is 0. The van der Waals surface area contributed by atoms with Gasteiger partial charge >= 0.3 is 12.4 Å². The fraction of sp³-hybridized carbons (Fsp3) is 0.800. The lowest BCUT2D eigenvalue weighted by Crippen LogP contribution is -2.45. The number of ether oxygens (including phenoxy) is 1. The van der Waals surface area contributed by atoms with Crippen LogP contribution in [0.15, 0.2) is 0 Å². The molecule has 0 bridgehead atoms. The number of halogens is 2. The molecule has 1 heterocycles. The third kappa shape index (κ3) is 3.15. The SMILES string of the molecule is CCOC(=O)[C@@H]1CCCN(C(=O)C(F)F)C1. The Morgan fingerprint density at radius 2 is 2.19 bits per heavy atom. The molecule has 0 aromatic heterocycles. The Balaban J connectivity index is 2.53. The van der Waals surface area contributed by atoms with E-state index in [4.69, 9.17) is 4.74 Å². The zero-order valence-corrected chi connectivity index (χ0v) is 9.12. The molecule has 1 atom stereocenters. The van der Waals surface area contributed by atoms with Crippen molar-refractivity contribution < 1.29 is 23.1 Å². The van der Waals surface area contributed by atoms with Gasteiger partial charge in [-0.3, -0.25) is 9.59 Å². The van der Waals surface area contributed by atoms with E-state index in [1.165, 1.54) is 0 Å². The molecule has 6 heteroatoms. The van der Waals surface area contributed by atoms with Crippen molar-refractivity contribution in [2.45, 2.75) is 26.2 Å². The van der Waals surface area contributed by atoms with Crippen LogP contribution >= 0.6 is 0 Å². The van der Waals surface area contributed by atoms with Crippen molar-refractivity contribution in [2.75, 3.05) is 19.7 Å². The zero-order valence-electron chi connectivity index (χ0n) is 9.12. The average molecular weight is 235 g/mol. The van der Waals surface area contributed by atoms with Crippen LogP contribution in [0.25, 0.3) is 0 Å². The van der Waals surface area contributed by atoms with Crippen LogP contribution in [0.4, 0.5) is 8.78 Å². The number of piperidine rings is 1. The van der Waals surface area contributed by atoms with Crippen molar-refractivity contribution in [2.24, 2.45) is 5.92 Å². The second-order valence-electron chi connectivity index (χ2n) is 3.68. The van der Waals surface area contributed by atoms with E-state index in [2.05, 4.69) is 0 Å². The van der Waals surface area contributed by atoms with Gasteiger partial charge in [-0.05, 0) is 19.8 Å². The molecule has 1 amide bonds. The van der Waals surface area contributed by atoms with Crippen molar-refractivity contribution >= 4 is 11.9 Å². The van der Waals surface area contributed by atoms with E-state index in [0.29, 0.717) is 19.4 Å². The average Bonchev–Trinajstić information content (AvgIpc) is 2.28. The third-order valence-corrected chi connectivity index (χ3v) is 2.54. The minimum absolute atomic E-state index is 0.0437. The molecule has 0 aromatic rings. The Hall–Kier alpha value is -1.20. The number of likely N-dealkylation sites (tertiary alicyclic amines) is 1. The molecule has 0 aromatic carbocycles. The number of nitrogens with zero attached hydrogens (tertiary/aromatic N) is 1. The van der Waals surface area contributed by atoms with E-state index in [1.807, 2.05) is 0 Å². The molecule has 0 radical (unpaired) electrons. The topological polar surface area (TPSA) is 46.6 Å². The lowest BCUT2D eigenvalue weighted by atomic mass is 9.98. The molecule has 0 aliphatic carbocycles. The number of rotatable bonds is 3. The van der Waals surface area contributed by atoms with Gasteiger partial charge in [0.1, 0.15) is 0 Å². The predicted octanol–water partition coefficient (Wildman–Crippen LogP) is 1.05. The summed E-state index contributed by atoms with van der Waals surface area (Å²) in [7, 11) is 0. The Kier molecular flexibility index (Phi) is 4.64. The van der Waals surface area contributed by atoms with E-state index < -0.39 is 24.2 Å². The molecular formula is C10H15F2NO3. The predicted molar refractivity (Wildman–Crippen MR) is 51.9 cm³/mol. The lowest BCUT2D eigenvalue weighted by Gasteiger charge is -2.31. The molecule has 1 aliphatic heterocycles. The molecular weight excluding hydrogens is 220 g/mol. The van der Waals surface area contributed by atoms with Crippen LogP contribution in [0.3, 0.4) is 0 Å². The van der Waals surface area contributed by atoms with Crippen molar-refractivity contribution in [3.63, 3.8) is 0 Å². The number of hydrogen-bond acceptors (Lipinski definition) is 3. The summed E-state index contributed by atoms with van der Waals surface area (Å²) in [5.41, 5.74) is 0. The lowest BCUT2D eigenvalue weighted by molar-refractivity contribution is -0.153. The second kappa shape index (κ2) is 5.77. The molecule has 0 unspecified atom stereocenters. The van der Waals surface area contributed by atoms with Crippen molar-refractivity contribution in [3.8, 4) is 0 Å². The number of carbonyl (C=O) groups is 2. The number of carbonyl (C=O) groups excluding carboxylic acids is 2. The molecule has 1 rings (SSSR count). The largest absolute Gasteiger partial charge is 0.466 e. The maximum atomic E-state index is 12.2. The minimum Gasteiger partial charge on any atom is -0.466 e. The van der Waals surface area contributed by atoms with Gasteiger partial charge in [0, 0.05) is 13.1 Å². The highest BCUT2D eigenvalue weighted by atomic mass is 19.3. The number of esters is 1. The van der Waals surface area contributed by atoms with Crippen LogP contribution in [-0.2, 0) is 14.3 Å². The van der Waals surface area contributed by atoms with Crippen LogP contribution in [0.2, 0.25) is 0 Å². The number of alkyl halides is 2. The molecule has 1 saturated heterocycles. The highest BCUT2D eigenvalue weighted by Crippen LogP contribution is 2.19. The summed E-state index contributed by atoms with van der Waals surface area (Å²) in [6.07, 6.45) is -1.85. The first kappa shape index (κ1) is 12.9. The van der Waals surface area contributed by atoms with Gasteiger partial charge < -0.3 is 9.64 Å². The molecule has 0 spiro atoms. The fourth-order valence-corrected chi connectivity index (χ4v) is 1.77. The van der Waals surface area contributed by atoms with Gasteiger partial charge in [-0.2, -0.15) is 8.78 Å². The van der Waals surface area contributed by atoms with E-state index in [0.717, 1.165) is 4.90 Å². The quantitative estimate of drug-likeness (QED) is 0.687. The number of amides is 1. The molecule has 0 N–H and O–H groups in total. The Bertz CT molecular complexity index is 271. The normalized spacial score (nSPS) is 21.0. The van der Waals surface area contributed by atoms with Gasteiger partial charge in [0.15, 0.2) is 0 Å². The standard InChI is InChI=1S/C10H15F2NO3/c1-2-16-10(15)7-4-3-5-13(6-7)9(14)8(11)12/h7-8H,2-6H2,1H3/t7-/m1/s1. The summed E-state index contributed by atoms with van der Waals surface area (Å²) in [5, 5.41) is 0. The monoisotopic (exact) mass is 235 g/mol. The highest BCUT2D eigenvalue weighted by Gasteiger charge is 2.32. The minimum atomic E-state index is -3.00. The van der Waals surface area contributed by atoms with Gasteiger partial charge in [0.25, 0.3) is 5.91 Å². The molecule has 1 fully saturated rings.